The largest absolute Gasteiger partial charge is 0.490 e. The summed E-state index contributed by atoms with van der Waals surface area (Å²) >= 11 is 3.65. The second kappa shape index (κ2) is 9.47. The molecule has 0 aliphatic carbocycles. The number of rotatable bonds is 6. The minimum absolute atomic E-state index is 0.251. The van der Waals surface area contributed by atoms with Crippen LogP contribution in [0.3, 0.4) is 0 Å². The van der Waals surface area contributed by atoms with Crippen molar-refractivity contribution < 1.29 is 14.3 Å². The number of benzene rings is 2. The van der Waals surface area contributed by atoms with Crippen LogP contribution in [0.5, 0.6) is 5.75 Å². The highest BCUT2D eigenvalue weighted by molar-refractivity contribution is 9.10. The van der Waals surface area contributed by atoms with Crippen molar-refractivity contribution in [1.29, 1.82) is 0 Å². The summed E-state index contributed by atoms with van der Waals surface area (Å²) in [6.07, 6.45) is 1.96. The number of aryl methyl sites for hydroxylation is 1. The zero-order chi connectivity index (χ0) is 21.7. The molecule has 0 aliphatic rings. The van der Waals surface area contributed by atoms with Crippen LogP contribution in [0.15, 0.2) is 59.2 Å². The van der Waals surface area contributed by atoms with Gasteiger partial charge in [0.2, 0.25) is 0 Å². The minimum atomic E-state index is -0.562. The van der Waals surface area contributed by atoms with E-state index in [0.29, 0.717) is 13.0 Å². The third-order valence-electron chi connectivity index (χ3n) is 4.47. The quantitative estimate of drug-likeness (QED) is 0.492. The molecule has 3 rings (SSSR count). The molecule has 6 heteroatoms. The Balaban J connectivity index is 1.78. The number of hydrogen-bond donors (Lipinski definition) is 1. The number of fused-ring (bicyclic) bond motifs is 1. The first-order chi connectivity index (χ1) is 14.2. The van der Waals surface area contributed by atoms with Crippen molar-refractivity contribution in [3.05, 3.63) is 70.3 Å². The summed E-state index contributed by atoms with van der Waals surface area (Å²) in [5, 5.41) is 3.94. The Kier molecular flexibility index (Phi) is 6.98. The number of alkyl carbamates (subject to hydrolysis) is 1. The van der Waals surface area contributed by atoms with E-state index >= 15 is 0 Å². The van der Waals surface area contributed by atoms with Crippen molar-refractivity contribution in [3.63, 3.8) is 0 Å². The van der Waals surface area contributed by atoms with E-state index in [2.05, 4.69) is 26.2 Å². The van der Waals surface area contributed by atoms with E-state index in [1.54, 1.807) is 6.20 Å². The van der Waals surface area contributed by atoms with Crippen LogP contribution in [0.4, 0.5) is 4.79 Å². The fourth-order valence-electron chi connectivity index (χ4n) is 3.18. The fraction of sp³-hybridized carbons (Fsp3) is 0.333. The number of ether oxygens (including phenoxy) is 2. The maximum absolute atomic E-state index is 12.4. The molecule has 0 fully saturated rings. The normalized spacial score (nSPS) is 12.4. The first kappa shape index (κ1) is 22.1. The highest BCUT2D eigenvalue weighted by Gasteiger charge is 2.21. The van der Waals surface area contributed by atoms with E-state index in [4.69, 9.17) is 9.47 Å². The number of carbonyl (C=O) groups excluding carboxylic acids is 1. The fourth-order valence-corrected chi connectivity index (χ4v) is 3.73. The van der Waals surface area contributed by atoms with Crippen LogP contribution >= 0.6 is 15.9 Å². The molecule has 1 atom stereocenters. The second-order valence-electron chi connectivity index (χ2n) is 8.25. The number of nitrogens with zero attached hydrogens (tertiary/aromatic N) is 1. The average molecular weight is 471 g/mol. The standard InChI is InChI=1S/C24H27BrN2O3/c1-16-13-20(21(25)19-11-8-12-26-22(16)19)29-15-18(14-17-9-6-5-7-10-17)27-23(28)30-24(2,3)4/h5-13,18H,14-15H2,1-4H3,(H,27,28). The molecule has 3 aromatic rings. The van der Waals surface area contributed by atoms with Gasteiger partial charge in [-0.25, -0.2) is 4.79 Å². The summed E-state index contributed by atoms with van der Waals surface area (Å²) in [6, 6.07) is 15.6. The summed E-state index contributed by atoms with van der Waals surface area (Å²) < 4.78 is 12.4. The molecule has 1 N–H and O–H groups in total. The molecule has 1 amide bonds. The van der Waals surface area contributed by atoms with Crippen LogP contribution in [-0.4, -0.2) is 29.3 Å². The van der Waals surface area contributed by atoms with Crippen molar-refractivity contribution in [2.45, 2.75) is 45.8 Å². The topological polar surface area (TPSA) is 60.5 Å². The van der Waals surface area contributed by atoms with Crippen LogP contribution in [0.1, 0.15) is 31.9 Å². The molecular weight excluding hydrogens is 444 g/mol. The van der Waals surface area contributed by atoms with Crippen LogP contribution in [0.2, 0.25) is 0 Å². The predicted molar refractivity (Wildman–Crippen MR) is 123 cm³/mol. The third-order valence-corrected chi connectivity index (χ3v) is 5.29. The molecule has 2 aromatic carbocycles. The predicted octanol–water partition coefficient (Wildman–Crippen LogP) is 5.82. The average Bonchev–Trinajstić information content (AvgIpc) is 2.69. The third kappa shape index (κ3) is 5.95. The minimum Gasteiger partial charge on any atom is -0.490 e. The number of carbonyl (C=O) groups is 1. The molecule has 0 spiro atoms. The van der Waals surface area contributed by atoms with Gasteiger partial charge in [0.25, 0.3) is 0 Å². The van der Waals surface area contributed by atoms with Gasteiger partial charge < -0.3 is 14.8 Å². The SMILES string of the molecule is Cc1cc(OCC(Cc2ccccc2)NC(=O)OC(C)(C)C)c(Br)c2cccnc12. The molecule has 0 aliphatic heterocycles. The summed E-state index contributed by atoms with van der Waals surface area (Å²) in [6.45, 7) is 7.85. The highest BCUT2D eigenvalue weighted by atomic mass is 79.9. The summed E-state index contributed by atoms with van der Waals surface area (Å²) in [5.74, 6) is 0.719. The Morgan fingerprint density at radius 2 is 1.90 bits per heavy atom. The van der Waals surface area contributed by atoms with E-state index in [-0.39, 0.29) is 6.04 Å². The monoisotopic (exact) mass is 470 g/mol. The van der Waals surface area contributed by atoms with Crippen molar-refractivity contribution in [3.8, 4) is 5.75 Å². The van der Waals surface area contributed by atoms with Crippen molar-refractivity contribution in [1.82, 2.24) is 10.3 Å². The summed E-state index contributed by atoms with van der Waals surface area (Å²) in [7, 11) is 0. The number of halogens is 1. The Bertz CT molecular complexity index is 1020. The molecule has 0 saturated heterocycles. The Hall–Kier alpha value is -2.60. The smallest absolute Gasteiger partial charge is 0.408 e. The number of hydrogen-bond acceptors (Lipinski definition) is 4. The van der Waals surface area contributed by atoms with Crippen LogP contribution < -0.4 is 10.1 Å². The number of pyridine rings is 1. The molecule has 1 unspecified atom stereocenters. The van der Waals surface area contributed by atoms with Gasteiger partial charge in [-0.1, -0.05) is 30.3 Å². The van der Waals surface area contributed by atoms with Gasteiger partial charge in [-0.3, -0.25) is 4.98 Å². The maximum Gasteiger partial charge on any atom is 0.408 e. The van der Waals surface area contributed by atoms with Gasteiger partial charge in [-0.05, 0) is 79.4 Å². The van der Waals surface area contributed by atoms with Crippen LogP contribution in [0.25, 0.3) is 10.9 Å². The lowest BCUT2D eigenvalue weighted by Gasteiger charge is -2.24. The van der Waals surface area contributed by atoms with Gasteiger partial charge in [0.05, 0.1) is 16.0 Å². The van der Waals surface area contributed by atoms with Gasteiger partial charge >= 0.3 is 6.09 Å². The van der Waals surface area contributed by atoms with Crippen LogP contribution in [-0.2, 0) is 11.2 Å². The zero-order valence-corrected chi connectivity index (χ0v) is 19.3. The summed E-state index contributed by atoms with van der Waals surface area (Å²) in [4.78, 5) is 16.8. The molecule has 1 heterocycles. The molecule has 5 nitrogen and oxygen atoms in total. The first-order valence-corrected chi connectivity index (χ1v) is 10.7. The van der Waals surface area contributed by atoms with Gasteiger partial charge in [0, 0.05) is 11.6 Å². The number of nitrogens with one attached hydrogen (secondary N) is 1. The lowest BCUT2D eigenvalue weighted by molar-refractivity contribution is 0.0487. The molecule has 30 heavy (non-hydrogen) atoms. The van der Waals surface area contributed by atoms with Gasteiger partial charge in [0.1, 0.15) is 18.0 Å². The lowest BCUT2D eigenvalue weighted by Crippen LogP contribution is -2.43. The summed E-state index contributed by atoms with van der Waals surface area (Å²) in [5.41, 5.74) is 2.52. The Morgan fingerprint density at radius 3 is 2.60 bits per heavy atom. The van der Waals surface area contributed by atoms with Gasteiger partial charge in [-0.15, -0.1) is 0 Å². The van der Waals surface area contributed by atoms with Gasteiger partial charge in [0.15, 0.2) is 0 Å². The first-order valence-electron chi connectivity index (χ1n) is 9.93. The maximum atomic E-state index is 12.4. The van der Waals surface area contributed by atoms with E-state index in [0.717, 1.165) is 32.3 Å². The number of amides is 1. The molecular formula is C24H27BrN2O3. The lowest BCUT2D eigenvalue weighted by atomic mass is 10.1. The van der Waals surface area contributed by atoms with Gasteiger partial charge in [-0.2, -0.15) is 0 Å². The van der Waals surface area contributed by atoms with E-state index in [1.165, 1.54) is 0 Å². The zero-order valence-electron chi connectivity index (χ0n) is 17.7. The number of aromatic nitrogens is 1. The molecule has 158 valence electrons. The van der Waals surface area contributed by atoms with Crippen molar-refractivity contribution in [2.75, 3.05) is 6.61 Å². The van der Waals surface area contributed by atoms with E-state index < -0.39 is 11.7 Å². The molecule has 0 saturated carbocycles. The molecule has 0 radical (unpaired) electrons. The van der Waals surface area contributed by atoms with E-state index in [1.807, 2.05) is 76.2 Å². The molecule has 0 bridgehead atoms. The highest BCUT2D eigenvalue weighted by Crippen LogP contribution is 2.34. The van der Waals surface area contributed by atoms with E-state index in [9.17, 15) is 4.79 Å². The molecule has 1 aromatic heterocycles. The van der Waals surface area contributed by atoms with Crippen molar-refractivity contribution in [2.24, 2.45) is 0 Å². The van der Waals surface area contributed by atoms with Crippen LogP contribution in [0, 0.1) is 6.92 Å². The Morgan fingerprint density at radius 1 is 1.17 bits per heavy atom. The second-order valence-corrected chi connectivity index (χ2v) is 9.04. The Labute approximate surface area is 185 Å². The van der Waals surface area contributed by atoms with Crippen molar-refractivity contribution >= 4 is 32.9 Å².